The molecular formula is CH2Br2F3N. The maximum absolute atomic E-state index is 10.6. The van der Waals surface area contributed by atoms with Crippen molar-refractivity contribution in [3.05, 3.63) is 0 Å². The first-order valence-corrected chi connectivity index (χ1v) is 1.80. The average molecular weight is 245 g/mol. The lowest BCUT2D eigenvalue weighted by atomic mass is 11.3. The van der Waals surface area contributed by atoms with E-state index in [1.807, 2.05) is 16.1 Å². The molecule has 0 bridgehead atoms. The number of nitrogens with one attached hydrogen (secondary N) is 1. The standard InChI is InChI=1S/CHBrF3N.BrH/c2-6-1(3,4)5;/h6H;1H. The van der Waals surface area contributed by atoms with Gasteiger partial charge in [-0.1, -0.05) is 0 Å². The van der Waals surface area contributed by atoms with Crippen LogP contribution >= 0.6 is 33.1 Å². The van der Waals surface area contributed by atoms with Crippen molar-refractivity contribution in [3.63, 3.8) is 0 Å². The molecule has 1 N–H and O–H groups in total. The van der Waals surface area contributed by atoms with Crippen LogP contribution < -0.4 is 4.34 Å². The monoisotopic (exact) mass is 243 g/mol. The van der Waals surface area contributed by atoms with Gasteiger partial charge in [0.15, 0.2) is 0 Å². The molecule has 6 heteroatoms. The minimum absolute atomic E-state index is 0. The largest absolute Gasteiger partial charge is 0.467 e. The van der Waals surface area contributed by atoms with Crippen LogP contribution in [0.25, 0.3) is 0 Å². The Hall–Kier alpha value is 0.710. The fraction of sp³-hybridized carbons (Fsp3) is 1.00. The molecule has 0 aromatic rings. The fourth-order valence-corrected chi connectivity index (χ4v) is 0. The minimum Gasteiger partial charge on any atom is -0.164 e. The molecule has 0 rings (SSSR count). The van der Waals surface area contributed by atoms with Gasteiger partial charge in [-0.2, -0.15) is 17.5 Å². The highest BCUT2D eigenvalue weighted by molar-refractivity contribution is 9.08. The maximum atomic E-state index is 10.6. The van der Waals surface area contributed by atoms with E-state index in [4.69, 9.17) is 0 Å². The molecule has 0 saturated heterocycles. The van der Waals surface area contributed by atoms with E-state index < -0.39 is 6.30 Å². The van der Waals surface area contributed by atoms with Gasteiger partial charge >= 0.3 is 6.30 Å². The number of hydrogen-bond donors (Lipinski definition) is 1. The van der Waals surface area contributed by atoms with Gasteiger partial charge in [-0.15, -0.1) is 17.0 Å². The van der Waals surface area contributed by atoms with Crippen LogP contribution in [0, 0.1) is 0 Å². The van der Waals surface area contributed by atoms with Gasteiger partial charge in [0.1, 0.15) is 0 Å². The first-order valence-electron chi connectivity index (χ1n) is 1.01. The third-order valence-electron chi connectivity index (χ3n) is 0.107. The molecule has 1 nitrogen and oxygen atoms in total. The van der Waals surface area contributed by atoms with Gasteiger partial charge in [0.05, 0.1) is 0 Å². The number of alkyl halides is 3. The number of rotatable bonds is 0. The Morgan fingerprint density at radius 1 is 1.29 bits per heavy atom. The second-order valence-electron chi connectivity index (χ2n) is 0.592. The second-order valence-corrected chi connectivity index (χ2v) is 0.989. The van der Waals surface area contributed by atoms with E-state index in [0.29, 0.717) is 0 Å². The van der Waals surface area contributed by atoms with Crippen LogP contribution in [0.15, 0.2) is 0 Å². The van der Waals surface area contributed by atoms with Crippen LogP contribution in [-0.4, -0.2) is 6.30 Å². The zero-order chi connectivity index (χ0) is 5.21. The fourth-order valence-electron chi connectivity index (χ4n) is 0. The topological polar surface area (TPSA) is 12.0 Å². The lowest BCUT2D eigenvalue weighted by Crippen LogP contribution is -2.20. The van der Waals surface area contributed by atoms with Gasteiger partial charge in [0.25, 0.3) is 0 Å². The first kappa shape index (κ1) is 10.6. The summed E-state index contributed by atoms with van der Waals surface area (Å²) in [6, 6.07) is 0. The molecule has 0 aliphatic heterocycles. The smallest absolute Gasteiger partial charge is 0.164 e. The van der Waals surface area contributed by atoms with Crippen LogP contribution in [-0.2, 0) is 0 Å². The molecule has 0 aromatic carbocycles. The molecule has 0 atom stereocenters. The van der Waals surface area contributed by atoms with Gasteiger partial charge in [-0.3, -0.25) is 0 Å². The van der Waals surface area contributed by atoms with Crippen molar-refractivity contribution < 1.29 is 13.2 Å². The van der Waals surface area contributed by atoms with Gasteiger partial charge in [0.2, 0.25) is 0 Å². The van der Waals surface area contributed by atoms with Crippen LogP contribution in [0.1, 0.15) is 0 Å². The van der Waals surface area contributed by atoms with E-state index in [-0.39, 0.29) is 17.0 Å². The molecule has 0 spiro atoms. The third kappa shape index (κ3) is 10.8. The van der Waals surface area contributed by atoms with E-state index in [9.17, 15) is 13.2 Å². The normalized spacial score (nSPS) is 10.3. The summed E-state index contributed by atoms with van der Waals surface area (Å²) in [5.41, 5.74) is 0. The lowest BCUT2D eigenvalue weighted by Gasteiger charge is -1.96. The molecule has 0 radical (unpaired) electrons. The number of halogens is 5. The third-order valence-corrected chi connectivity index (χ3v) is 0.557. The molecule has 0 amide bonds. The highest BCUT2D eigenvalue weighted by atomic mass is 79.9. The summed E-state index contributed by atoms with van der Waals surface area (Å²) in [5, 5.41) is 0. The van der Waals surface area contributed by atoms with Crippen molar-refractivity contribution in [1.29, 1.82) is 0 Å². The molecule has 0 unspecified atom stereocenters. The predicted octanol–water partition coefficient (Wildman–Crippen LogP) is 1.98. The molecule has 0 aliphatic rings. The summed E-state index contributed by atoms with van der Waals surface area (Å²) in [6.07, 6.45) is -4.29. The van der Waals surface area contributed by atoms with Crippen LogP contribution in [0.2, 0.25) is 0 Å². The van der Waals surface area contributed by atoms with Crippen molar-refractivity contribution in [2.24, 2.45) is 0 Å². The van der Waals surface area contributed by atoms with Gasteiger partial charge in [0, 0.05) is 16.1 Å². The SMILES string of the molecule is Br.FC(F)(F)NBr. The molecule has 0 fully saturated rings. The summed E-state index contributed by atoms with van der Waals surface area (Å²) in [6.45, 7) is 0. The quantitative estimate of drug-likeness (QED) is 0.508. The molecule has 0 heterocycles. The molecule has 46 valence electrons. The van der Waals surface area contributed by atoms with E-state index in [1.54, 1.807) is 0 Å². The van der Waals surface area contributed by atoms with Crippen LogP contribution in [0.4, 0.5) is 13.2 Å². The summed E-state index contributed by atoms with van der Waals surface area (Å²) in [5.74, 6) is 0. The predicted molar refractivity (Wildman–Crippen MR) is 28.4 cm³/mol. The van der Waals surface area contributed by atoms with Crippen molar-refractivity contribution in [1.82, 2.24) is 4.34 Å². The summed E-state index contributed by atoms with van der Waals surface area (Å²) in [7, 11) is 0. The van der Waals surface area contributed by atoms with Gasteiger partial charge in [-0.25, -0.2) is 0 Å². The molecule has 7 heavy (non-hydrogen) atoms. The Kier molecular flexibility index (Phi) is 5.60. The molecule has 0 aliphatic carbocycles. The van der Waals surface area contributed by atoms with Crippen molar-refractivity contribution in [2.45, 2.75) is 6.30 Å². The first-order chi connectivity index (χ1) is 2.56. The molecule has 0 aromatic heterocycles. The van der Waals surface area contributed by atoms with Gasteiger partial charge < -0.3 is 0 Å². The highest BCUT2D eigenvalue weighted by Crippen LogP contribution is 2.09. The van der Waals surface area contributed by atoms with E-state index in [1.165, 1.54) is 0 Å². The van der Waals surface area contributed by atoms with E-state index in [0.717, 1.165) is 4.34 Å². The minimum atomic E-state index is -4.29. The molecular weight excluding hydrogens is 243 g/mol. The van der Waals surface area contributed by atoms with E-state index >= 15 is 0 Å². The highest BCUT2D eigenvalue weighted by Gasteiger charge is 2.24. The second kappa shape index (κ2) is 3.68. The van der Waals surface area contributed by atoms with Crippen LogP contribution in [0.3, 0.4) is 0 Å². The average Bonchev–Trinajstić information content (AvgIpc) is 1.35. The zero-order valence-corrected chi connectivity index (χ0v) is 6.22. The molecule has 0 saturated carbocycles. The van der Waals surface area contributed by atoms with E-state index in [2.05, 4.69) is 0 Å². The Labute approximate surface area is 57.4 Å². The Balaban J connectivity index is 0. The van der Waals surface area contributed by atoms with Crippen molar-refractivity contribution >= 4 is 33.1 Å². The Bertz CT molecular complexity index is 42.7. The Morgan fingerprint density at radius 3 is 1.43 bits per heavy atom. The lowest BCUT2D eigenvalue weighted by molar-refractivity contribution is -0.134. The number of hydrogen-bond acceptors (Lipinski definition) is 1. The zero-order valence-electron chi connectivity index (χ0n) is 2.92. The summed E-state index contributed by atoms with van der Waals surface area (Å²) >= 11 is 1.99. The van der Waals surface area contributed by atoms with Gasteiger partial charge in [-0.05, 0) is 0 Å². The summed E-state index contributed by atoms with van der Waals surface area (Å²) < 4.78 is 32.8. The van der Waals surface area contributed by atoms with Crippen molar-refractivity contribution in [2.75, 3.05) is 0 Å². The Morgan fingerprint density at radius 2 is 1.43 bits per heavy atom. The van der Waals surface area contributed by atoms with Crippen LogP contribution in [0.5, 0.6) is 0 Å². The maximum Gasteiger partial charge on any atom is 0.467 e. The summed E-state index contributed by atoms with van der Waals surface area (Å²) in [4.78, 5) is 0. The van der Waals surface area contributed by atoms with Crippen molar-refractivity contribution in [3.8, 4) is 0 Å².